The van der Waals surface area contributed by atoms with Crippen LogP contribution in [-0.4, -0.2) is 79.8 Å². The van der Waals surface area contributed by atoms with Crippen LogP contribution in [0.5, 0.6) is 5.75 Å². The summed E-state index contributed by atoms with van der Waals surface area (Å²) in [5, 5.41) is 8.81. The molecule has 2 rings (SSSR count). The fourth-order valence-corrected chi connectivity index (χ4v) is 2.90. The number of rotatable bonds is 8. The molecule has 0 bridgehead atoms. The van der Waals surface area contributed by atoms with Crippen molar-refractivity contribution in [3.8, 4) is 5.75 Å². The average Bonchev–Trinajstić information content (AvgIpc) is 2.59. The molecule has 1 heterocycles. The van der Waals surface area contributed by atoms with Gasteiger partial charge in [0.1, 0.15) is 5.75 Å². The second kappa shape index (κ2) is 9.39. The van der Waals surface area contributed by atoms with Crippen LogP contribution in [0.15, 0.2) is 24.3 Å². The average molecular weight is 350 g/mol. The summed E-state index contributed by atoms with van der Waals surface area (Å²) in [5.74, 6) is 0.0346. The highest BCUT2D eigenvalue weighted by Gasteiger charge is 2.25. The predicted octanol–water partition coefficient (Wildman–Crippen LogP) is 0.872. The second-order valence-corrected chi connectivity index (χ2v) is 6.27. The molecule has 1 fully saturated rings. The molecule has 7 nitrogen and oxygen atoms in total. The van der Waals surface area contributed by atoms with Crippen molar-refractivity contribution < 1.29 is 24.2 Å². The summed E-state index contributed by atoms with van der Waals surface area (Å²) >= 11 is 0. The Kier molecular flexibility index (Phi) is 7.21. The Bertz CT molecular complexity index is 575. The number of carbonyl (C=O) groups is 2. The molecule has 0 aromatic heterocycles. The van der Waals surface area contributed by atoms with Gasteiger partial charge < -0.3 is 19.5 Å². The Balaban J connectivity index is 1.79. The smallest absolute Gasteiger partial charge is 0.317 e. The van der Waals surface area contributed by atoms with Gasteiger partial charge in [-0.2, -0.15) is 0 Å². The molecule has 1 unspecified atom stereocenters. The maximum Gasteiger partial charge on any atom is 0.317 e. The minimum atomic E-state index is -0.870. The molecule has 1 aliphatic heterocycles. The van der Waals surface area contributed by atoms with E-state index in [1.54, 1.807) is 19.1 Å². The number of aliphatic carboxylic acids is 1. The number of nitrogens with zero attached hydrogens (tertiary/aromatic N) is 2. The van der Waals surface area contributed by atoms with Gasteiger partial charge in [-0.05, 0) is 31.2 Å². The van der Waals surface area contributed by atoms with E-state index >= 15 is 0 Å². The maximum absolute atomic E-state index is 12.4. The molecule has 1 aliphatic rings. The number of aryl methyl sites for hydroxylation is 1. The van der Waals surface area contributed by atoms with Crippen molar-refractivity contribution in [3.05, 3.63) is 29.8 Å². The third-order valence-electron chi connectivity index (χ3n) is 4.20. The predicted molar refractivity (Wildman–Crippen MR) is 92.8 cm³/mol. The van der Waals surface area contributed by atoms with E-state index in [2.05, 4.69) is 0 Å². The Morgan fingerprint density at radius 2 is 2.08 bits per heavy atom. The van der Waals surface area contributed by atoms with Crippen LogP contribution < -0.4 is 4.74 Å². The Labute approximate surface area is 148 Å². The summed E-state index contributed by atoms with van der Waals surface area (Å²) in [6.45, 7) is 2.03. The number of methoxy groups -OCH3 is 1. The molecule has 7 heteroatoms. The number of ether oxygens (including phenoxy) is 2. The second-order valence-electron chi connectivity index (χ2n) is 6.27. The fourth-order valence-electron chi connectivity index (χ4n) is 2.90. The summed E-state index contributed by atoms with van der Waals surface area (Å²) in [6, 6.07) is 7.72. The lowest BCUT2D eigenvalue weighted by Gasteiger charge is -2.34. The molecular weight excluding hydrogens is 324 g/mol. The normalized spacial score (nSPS) is 17.6. The zero-order valence-corrected chi connectivity index (χ0v) is 14.8. The van der Waals surface area contributed by atoms with Gasteiger partial charge in [-0.25, -0.2) is 0 Å². The van der Waals surface area contributed by atoms with Gasteiger partial charge in [0, 0.05) is 26.1 Å². The van der Waals surface area contributed by atoms with Gasteiger partial charge in [0.15, 0.2) is 0 Å². The summed E-state index contributed by atoms with van der Waals surface area (Å²) < 4.78 is 10.8. The van der Waals surface area contributed by atoms with Gasteiger partial charge in [0.25, 0.3) is 0 Å². The molecule has 0 saturated carbocycles. The molecule has 1 amide bonds. The number of benzene rings is 1. The van der Waals surface area contributed by atoms with E-state index in [9.17, 15) is 9.59 Å². The van der Waals surface area contributed by atoms with Crippen molar-refractivity contribution in [1.29, 1.82) is 0 Å². The Morgan fingerprint density at radius 3 is 2.72 bits per heavy atom. The van der Waals surface area contributed by atoms with Crippen LogP contribution in [0.3, 0.4) is 0 Å². The van der Waals surface area contributed by atoms with Crippen molar-refractivity contribution in [2.45, 2.75) is 18.9 Å². The first-order valence-corrected chi connectivity index (χ1v) is 8.40. The van der Waals surface area contributed by atoms with Crippen LogP contribution >= 0.6 is 0 Å². The van der Waals surface area contributed by atoms with Crippen LogP contribution in [0.1, 0.15) is 12.0 Å². The van der Waals surface area contributed by atoms with Crippen molar-refractivity contribution in [2.75, 3.05) is 46.9 Å². The number of likely N-dealkylation sites (N-methyl/N-ethyl adjacent to an activating group) is 1. The van der Waals surface area contributed by atoms with Crippen LogP contribution in [0.25, 0.3) is 0 Å². The summed E-state index contributed by atoms with van der Waals surface area (Å²) in [6.07, 6.45) is 0.983. The van der Waals surface area contributed by atoms with Gasteiger partial charge >= 0.3 is 5.97 Å². The number of hydrogen-bond donors (Lipinski definition) is 1. The van der Waals surface area contributed by atoms with Crippen molar-refractivity contribution in [3.63, 3.8) is 0 Å². The van der Waals surface area contributed by atoms with Crippen LogP contribution in [0.2, 0.25) is 0 Å². The lowest BCUT2D eigenvalue weighted by Crippen LogP contribution is -2.49. The number of carboxylic acid groups (broad SMARTS) is 1. The molecule has 1 aromatic carbocycles. The zero-order valence-electron chi connectivity index (χ0n) is 14.8. The largest absolute Gasteiger partial charge is 0.497 e. The third kappa shape index (κ3) is 6.36. The van der Waals surface area contributed by atoms with E-state index in [1.807, 2.05) is 29.2 Å². The summed E-state index contributed by atoms with van der Waals surface area (Å²) in [4.78, 5) is 26.7. The SMILES string of the molecule is COc1ccc(CCC(=O)N2CCOC(CN(C)CC(=O)O)C2)cc1. The molecule has 1 saturated heterocycles. The van der Waals surface area contributed by atoms with Gasteiger partial charge in [-0.15, -0.1) is 0 Å². The molecular formula is C18H26N2O5. The highest BCUT2D eigenvalue weighted by Crippen LogP contribution is 2.14. The monoisotopic (exact) mass is 350 g/mol. The molecule has 0 aliphatic carbocycles. The van der Waals surface area contributed by atoms with Crippen LogP contribution in [0.4, 0.5) is 0 Å². The summed E-state index contributed by atoms with van der Waals surface area (Å²) in [5.41, 5.74) is 1.10. The number of carboxylic acids is 1. The minimum absolute atomic E-state index is 0.0364. The van der Waals surface area contributed by atoms with E-state index < -0.39 is 5.97 Å². The van der Waals surface area contributed by atoms with E-state index in [4.69, 9.17) is 14.6 Å². The number of carbonyl (C=O) groups excluding carboxylic acids is 1. The molecule has 1 atom stereocenters. The summed E-state index contributed by atoms with van der Waals surface area (Å²) in [7, 11) is 3.36. The molecule has 1 N–H and O–H groups in total. The molecule has 25 heavy (non-hydrogen) atoms. The van der Waals surface area contributed by atoms with E-state index in [0.29, 0.717) is 39.1 Å². The van der Waals surface area contributed by atoms with Gasteiger partial charge in [-0.1, -0.05) is 12.1 Å². The minimum Gasteiger partial charge on any atom is -0.497 e. The van der Waals surface area contributed by atoms with Gasteiger partial charge in [0.2, 0.25) is 5.91 Å². The molecule has 0 radical (unpaired) electrons. The molecule has 138 valence electrons. The lowest BCUT2D eigenvalue weighted by atomic mass is 10.1. The molecule has 1 aromatic rings. The van der Waals surface area contributed by atoms with Crippen LogP contribution in [-0.2, 0) is 20.7 Å². The first-order valence-electron chi connectivity index (χ1n) is 8.40. The maximum atomic E-state index is 12.4. The quantitative estimate of drug-likeness (QED) is 0.750. The fraction of sp³-hybridized carbons (Fsp3) is 0.556. The highest BCUT2D eigenvalue weighted by molar-refractivity contribution is 5.76. The number of amides is 1. The van der Waals surface area contributed by atoms with Gasteiger partial charge in [0.05, 0.1) is 26.4 Å². The van der Waals surface area contributed by atoms with Gasteiger partial charge in [-0.3, -0.25) is 14.5 Å². The van der Waals surface area contributed by atoms with E-state index in [-0.39, 0.29) is 18.6 Å². The Hall–Kier alpha value is -2.12. The van der Waals surface area contributed by atoms with Crippen molar-refractivity contribution in [2.24, 2.45) is 0 Å². The molecule has 0 spiro atoms. The van der Waals surface area contributed by atoms with Crippen molar-refractivity contribution in [1.82, 2.24) is 9.80 Å². The van der Waals surface area contributed by atoms with Crippen molar-refractivity contribution >= 4 is 11.9 Å². The zero-order chi connectivity index (χ0) is 18.2. The first-order chi connectivity index (χ1) is 12.0. The highest BCUT2D eigenvalue weighted by atomic mass is 16.5. The topological polar surface area (TPSA) is 79.3 Å². The van der Waals surface area contributed by atoms with Crippen LogP contribution in [0, 0.1) is 0 Å². The van der Waals surface area contributed by atoms with E-state index in [1.165, 1.54) is 0 Å². The van der Waals surface area contributed by atoms with E-state index in [0.717, 1.165) is 11.3 Å². The lowest BCUT2D eigenvalue weighted by molar-refractivity contribution is -0.142. The third-order valence-corrected chi connectivity index (χ3v) is 4.20. The standard InChI is InChI=1S/C18H26N2O5/c1-19(13-18(22)23)11-16-12-20(9-10-25-16)17(21)8-5-14-3-6-15(24-2)7-4-14/h3-4,6-7,16H,5,8-13H2,1-2H3,(H,22,23). The number of morpholine rings is 1. The number of hydrogen-bond acceptors (Lipinski definition) is 5. The Morgan fingerprint density at radius 1 is 1.36 bits per heavy atom. The first kappa shape index (κ1) is 19.2.